The highest BCUT2D eigenvalue weighted by Crippen LogP contribution is 2.22. The zero-order chi connectivity index (χ0) is 21.8. The summed E-state index contributed by atoms with van der Waals surface area (Å²) < 4.78 is 24.2. The molecule has 3 aromatic rings. The van der Waals surface area contributed by atoms with E-state index in [9.17, 15) is 4.39 Å². The van der Waals surface area contributed by atoms with E-state index in [4.69, 9.17) is 9.73 Å². The molecule has 0 saturated carbocycles. The fourth-order valence-electron chi connectivity index (χ4n) is 3.72. The zero-order valence-electron chi connectivity index (χ0n) is 18.5. The number of hydrogen-bond acceptors (Lipinski definition) is 4. The first kappa shape index (κ1) is 24.2. The van der Waals surface area contributed by atoms with Gasteiger partial charge in [-0.2, -0.15) is 5.10 Å². The van der Waals surface area contributed by atoms with Crippen molar-refractivity contribution in [2.75, 3.05) is 26.2 Å². The molecule has 32 heavy (non-hydrogen) atoms. The summed E-state index contributed by atoms with van der Waals surface area (Å²) in [6.45, 7) is 7.06. The van der Waals surface area contributed by atoms with E-state index >= 15 is 0 Å². The SMILES string of the molecule is CCNC(=NCc1ccc(-n2ccnc2C)c(F)c1)N1CCOC(c2cnn(C)c2)C1.I. The third kappa shape index (κ3) is 5.47. The Morgan fingerprint density at radius 1 is 1.38 bits per heavy atom. The Hall–Kier alpha value is -2.47. The number of nitrogens with zero attached hydrogens (tertiary/aromatic N) is 6. The number of aryl methyl sites for hydroxylation is 2. The first-order chi connectivity index (χ1) is 15.0. The summed E-state index contributed by atoms with van der Waals surface area (Å²) in [5.74, 6) is 1.26. The maximum absolute atomic E-state index is 14.7. The van der Waals surface area contributed by atoms with Crippen molar-refractivity contribution in [2.45, 2.75) is 26.5 Å². The first-order valence-corrected chi connectivity index (χ1v) is 10.5. The molecule has 4 rings (SSSR count). The zero-order valence-corrected chi connectivity index (χ0v) is 20.9. The minimum atomic E-state index is -0.290. The molecule has 0 radical (unpaired) electrons. The van der Waals surface area contributed by atoms with E-state index < -0.39 is 0 Å². The lowest BCUT2D eigenvalue weighted by molar-refractivity contribution is -0.00805. The minimum Gasteiger partial charge on any atom is -0.370 e. The van der Waals surface area contributed by atoms with E-state index in [1.54, 1.807) is 33.8 Å². The van der Waals surface area contributed by atoms with Crippen LogP contribution in [-0.2, 0) is 18.3 Å². The van der Waals surface area contributed by atoms with Crippen LogP contribution >= 0.6 is 24.0 Å². The van der Waals surface area contributed by atoms with E-state index in [-0.39, 0.29) is 35.9 Å². The molecule has 10 heteroatoms. The van der Waals surface area contributed by atoms with Crippen LogP contribution in [0.3, 0.4) is 0 Å². The van der Waals surface area contributed by atoms with Crippen molar-refractivity contribution in [3.8, 4) is 5.69 Å². The van der Waals surface area contributed by atoms with Crippen LogP contribution < -0.4 is 5.32 Å². The first-order valence-electron chi connectivity index (χ1n) is 10.5. The van der Waals surface area contributed by atoms with Gasteiger partial charge >= 0.3 is 0 Å². The summed E-state index contributed by atoms with van der Waals surface area (Å²) >= 11 is 0. The van der Waals surface area contributed by atoms with Gasteiger partial charge in [0.2, 0.25) is 0 Å². The number of aromatic nitrogens is 4. The summed E-state index contributed by atoms with van der Waals surface area (Å²) in [6.07, 6.45) is 7.18. The van der Waals surface area contributed by atoms with Crippen LogP contribution in [0.15, 0.2) is 48.0 Å². The Bertz CT molecular complexity index is 1060. The van der Waals surface area contributed by atoms with Crippen molar-refractivity contribution in [1.29, 1.82) is 0 Å². The molecular formula is C22H29FIN7O. The number of benzene rings is 1. The molecule has 0 amide bonds. The second-order valence-electron chi connectivity index (χ2n) is 7.55. The van der Waals surface area contributed by atoms with Crippen molar-refractivity contribution >= 4 is 29.9 Å². The average molecular weight is 553 g/mol. The third-order valence-corrected chi connectivity index (χ3v) is 5.31. The number of guanidine groups is 1. The van der Waals surface area contributed by atoms with Gasteiger partial charge in [-0.15, -0.1) is 24.0 Å². The molecule has 1 aliphatic rings. The molecule has 1 aliphatic heterocycles. The molecule has 1 N–H and O–H groups in total. The summed E-state index contributed by atoms with van der Waals surface area (Å²) in [5, 5.41) is 7.59. The molecule has 0 spiro atoms. The summed E-state index contributed by atoms with van der Waals surface area (Å²) in [4.78, 5) is 11.1. The lowest BCUT2D eigenvalue weighted by Crippen LogP contribution is -2.48. The fraction of sp³-hybridized carbons (Fsp3) is 0.409. The Kier molecular flexibility index (Phi) is 8.24. The molecule has 0 aliphatic carbocycles. The highest BCUT2D eigenvalue weighted by atomic mass is 127. The predicted molar refractivity (Wildman–Crippen MR) is 132 cm³/mol. The molecule has 3 heterocycles. The molecular weight excluding hydrogens is 524 g/mol. The van der Waals surface area contributed by atoms with E-state index in [2.05, 4.69) is 20.3 Å². The van der Waals surface area contributed by atoms with Gasteiger partial charge in [0.25, 0.3) is 0 Å². The molecule has 1 unspecified atom stereocenters. The Morgan fingerprint density at radius 2 is 2.22 bits per heavy atom. The minimum absolute atomic E-state index is 0. The quantitative estimate of drug-likeness (QED) is 0.299. The standard InChI is InChI=1S/C22H28FN7O.HI/c1-4-24-22(29-9-10-31-21(15-29)18-13-27-28(3)14-18)26-12-17-5-6-20(19(23)11-17)30-8-7-25-16(30)2;/h5-8,11,13-14,21H,4,9-10,12,15H2,1-3H3,(H,24,26);1H. The van der Waals surface area contributed by atoms with Crippen molar-refractivity contribution in [3.63, 3.8) is 0 Å². The van der Waals surface area contributed by atoms with Crippen LogP contribution in [0.4, 0.5) is 4.39 Å². The van der Waals surface area contributed by atoms with Crippen LogP contribution in [0.2, 0.25) is 0 Å². The highest BCUT2D eigenvalue weighted by Gasteiger charge is 2.25. The Morgan fingerprint density at radius 3 is 2.88 bits per heavy atom. The largest absolute Gasteiger partial charge is 0.370 e. The normalized spacial score (nSPS) is 16.7. The number of nitrogens with one attached hydrogen (secondary N) is 1. The maximum atomic E-state index is 14.7. The molecule has 0 bridgehead atoms. The molecule has 1 saturated heterocycles. The van der Waals surface area contributed by atoms with Gasteiger partial charge in [0, 0.05) is 44.3 Å². The fourth-order valence-corrected chi connectivity index (χ4v) is 3.72. The molecule has 1 fully saturated rings. The second kappa shape index (κ2) is 10.9. The number of halogens is 2. The van der Waals surface area contributed by atoms with E-state index in [1.165, 1.54) is 0 Å². The molecule has 2 aromatic heterocycles. The lowest BCUT2D eigenvalue weighted by Gasteiger charge is -2.34. The van der Waals surface area contributed by atoms with E-state index in [1.807, 2.05) is 39.4 Å². The predicted octanol–water partition coefficient (Wildman–Crippen LogP) is 3.21. The summed E-state index contributed by atoms with van der Waals surface area (Å²) in [6, 6.07) is 5.22. The summed E-state index contributed by atoms with van der Waals surface area (Å²) in [5.41, 5.74) is 2.35. The smallest absolute Gasteiger partial charge is 0.194 e. The van der Waals surface area contributed by atoms with Gasteiger partial charge in [0.05, 0.1) is 31.6 Å². The van der Waals surface area contributed by atoms with Crippen LogP contribution in [-0.4, -0.2) is 56.4 Å². The number of aliphatic imine (C=N–C) groups is 1. The van der Waals surface area contributed by atoms with Crippen molar-refractivity contribution in [3.05, 3.63) is 65.8 Å². The maximum Gasteiger partial charge on any atom is 0.194 e. The number of morpholine rings is 1. The number of hydrogen-bond donors (Lipinski definition) is 1. The van der Waals surface area contributed by atoms with Crippen LogP contribution in [0.1, 0.15) is 30.0 Å². The number of imidazole rings is 1. The van der Waals surface area contributed by atoms with Gasteiger partial charge in [-0.3, -0.25) is 4.68 Å². The van der Waals surface area contributed by atoms with Gasteiger partial charge < -0.3 is 19.5 Å². The number of ether oxygens (including phenoxy) is 1. The van der Waals surface area contributed by atoms with Crippen molar-refractivity contribution < 1.29 is 9.13 Å². The lowest BCUT2D eigenvalue weighted by atomic mass is 10.1. The summed E-state index contributed by atoms with van der Waals surface area (Å²) in [7, 11) is 1.90. The highest BCUT2D eigenvalue weighted by molar-refractivity contribution is 14.0. The molecule has 8 nitrogen and oxygen atoms in total. The molecule has 172 valence electrons. The van der Waals surface area contributed by atoms with Gasteiger partial charge in [-0.05, 0) is 31.5 Å². The average Bonchev–Trinajstić information content (AvgIpc) is 3.39. The van der Waals surface area contributed by atoms with E-state index in [0.717, 1.165) is 36.0 Å². The number of rotatable bonds is 5. The van der Waals surface area contributed by atoms with Crippen molar-refractivity contribution in [1.82, 2.24) is 29.5 Å². The van der Waals surface area contributed by atoms with Crippen LogP contribution in [0.25, 0.3) is 5.69 Å². The molecule has 1 aromatic carbocycles. The van der Waals surface area contributed by atoms with Crippen molar-refractivity contribution in [2.24, 2.45) is 12.0 Å². The van der Waals surface area contributed by atoms with Gasteiger partial charge in [0.15, 0.2) is 5.96 Å². The monoisotopic (exact) mass is 553 g/mol. The van der Waals surface area contributed by atoms with Crippen LogP contribution in [0, 0.1) is 12.7 Å². The molecule has 1 atom stereocenters. The third-order valence-electron chi connectivity index (χ3n) is 5.31. The van der Waals surface area contributed by atoms with E-state index in [0.29, 0.717) is 25.4 Å². The van der Waals surface area contributed by atoms with Gasteiger partial charge in [-0.1, -0.05) is 6.07 Å². The topological polar surface area (TPSA) is 72.5 Å². The second-order valence-corrected chi connectivity index (χ2v) is 7.55. The van der Waals surface area contributed by atoms with Gasteiger partial charge in [-0.25, -0.2) is 14.4 Å². The Balaban J connectivity index is 0.00000289. The van der Waals surface area contributed by atoms with Crippen LogP contribution in [0.5, 0.6) is 0 Å². The Labute approximate surface area is 204 Å². The van der Waals surface area contributed by atoms with Gasteiger partial charge in [0.1, 0.15) is 17.7 Å².